The van der Waals surface area contributed by atoms with E-state index in [0.717, 1.165) is 27.6 Å². The minimum absolute atomic E-state index is 0.470. The maximum atomic E-state index is 6.05. The Kier molecular flexibility index (Phi) is 3.59. The second-order valence-corrected chi connectivity index (χ2v) is 5.14. The summed E-state index contributed by atoms with van der Waals surface area (Å²) < 4.78 is 6.05. The first-order valence-electron chi connectivity index (χ1n) is 7.01. The highest BCUT2D eigenvalue weighted by Crippen LogP contribution is 2.31. The van der Waals surface area contributed by atoms with Crippen LogP contribution in [0.5, 0.6) is 11.6 Å². The largest absolute Gasteiger partial charge is 0.438 e. The van der Waals surface area contributed by atoms with Gasteiger partial charge in [0.2, 0.25) is 5.88 Å². The normalized spacial score (nSPS) is 10.8. The van der Waals surface area contributed by atoms with Crippen molar-refractivity contribution in [3.63, 3.8) is 0 Å². The minimum atomic E-state index is 0.470. The third-order valence-corrected chi connectivity index (χ3v) is 3.82. The Bertz CT molecular complexity index is 796. The predicted molar refractivity (Wildman–Crippen MR) is 85.6 cm³/mol. The fourth-order valence-corrected chi connectivity index (χ4v) is 2.41. The van der Waals surface area contributed by atoms with E-state index in [9.17, 15) is 0 Å². The van der Waals surface area contributed by atoms with E-state index < -0.39 is 0 Å². The number of nitrogens with zero attached hydrogens (tertiary/aromatic N) is 1. The zero-order chi connectivity index (χ0) is 14.8. The highest BCUT2D eigenvalue weighted by atomic mass is 16.5. The molecule has 0 fully saturated rings. The zero-order valence-corrected chi connectivity index (χ0v) is 12.3. The van der Waals surface area contributed by atoms with Crippen molar-refractivity contribution < 1.29 is 4.74 Å². The van der Waals surface area contributed by atoms with E-state index in [1.165, 1.54) is 5.56 Å². The van der Waals surface area contributed by atoms with Crippen LogP contribution in [0.1, 0.15) is 16.7 Å². The van der Waals surface area contributed by atoms with Crippen molar-refractivity contribution >= 4 is 10.8 Å². The lowest BCUT2D eigenvalue weighted by Crippen LogP contribution is -2.00. The number of ether oxygens (including phenoxy) is 1. The van der Waals surface area contributed by atoms with Crippen molar-refractivity contribution in [1.82, 2.24) is 4.98 Å². The van der Waals surface area contributed by atoms with Crippen LogP contribution in [-0.4, -0.2) is 4.98 Å². The fourth-order valence-electron chi connectivity index (χ4n) is 2.41. The van der Waals surface area contributed by atoms with E-state index in [2.05, 4.69) is 31.0 Å². The SMILES string of the molecule is Cc1cccc(Oc2ncc(CN)c3ccccc23)c1C. The molecule has 0 saturated heterocycles. The van der Waals surface area contributed by atoms with Gasteiger partial charge in [-0.15, -0.1) is 0 Å². The van der Waals surface area contributed by atoms with Gasteiger partial charge in [0.25, 0.3) is 0 Å². The number of hydrogen-bond donors (Lipinski definition) is 1. The van der Waals surface area contributed by atoms with Gasteiger partial charge in [-0.3, -0.25) is 0 Å². The molecule has 2 N–H and O–H groups in total. The van der Waals surface area contributed by atoms with Gasteiger partial charge in [-0.25, -0.2) is 4.98 Å². The Labute approximate surface area is 124 Å². The van der Waals surface area contributed by atoms with Crippen LogP contribution in [0.25, 0.3) is 10.8 Å². The molecule has 3 heteroatoms. The van der Waals surface area contributed by atoms with Crippen LogP contribution >= 0.6 is 0 Å². The third kappa shape index (κ3) is 2.48. The van der Waals surface area contributed by atoms with Crippen molar-refractivity contribution in [3.8, 4) is 11.6 Å². The molecule has 0 aliphatic heterocycles. The van der Waals surface area contributed by atoms with E-state index >= 15 is 0 Å². The Hall–Kier alpha value is -2.39. The Morgan fingerprint density at radius 1 is 1.00 bits per heavy atom. The molecule has 0 spiro atoms. The zero-order valence-electron chi connectivity index (χ0n) is 12.3. The summed E-state index contributed by atoms with van der Waals surface area (Å²) in [6.07, 6.45) is 1.79. The number of pyridine rings is 1. The van der Waals surface area contributed by atoms with Gasteiger partial charge in [-0.1, -0.05) is 30.3 Å². The maximum Gasteiger partial charge on any atom is 0.227 e. The number of aromatic nitrogens is 1. The van der Waals surface area contributed by atoms with Crippen LogP contribution in [0.2, 0.25) is 0 Å². The Balaban J connectivity index is 2.11. The van der Waals surface area contributed by atoms with E-state index in [-0.39, 0.29) is 0 Å². The molecule has 3 nitrogen and oxygen atoms in total. The van der Waals surface area contributed by atoms with Crippen molar-refractivity contribution in [3.05, 3.63) is 65.4 Å². The monoisotopic (exact) mass is 278 g/mol. The number of fused-ring (bicyclic) bond motifs is 1. The molecule has 21 heavy (non-hydrogen) atoms. The van der Waals surface area contributed by atoms with Crippen LogP contribution in [-0.2, 0) is 6.54 Å². The number of benzene rings is 2. The molecule has 0 saturated carbocycles. The maximum absolute atomic E-state index is 6.05. The molecular weight excluding hydrogens is 260 g/mol. The first kappa shape index (κ1) is 13.6. The molecule has 1 heterocycles. The summed E-state index contributed by atoms with van der Waals surface area (Å²) in [7, 11) is 0. The van der Waals surface area contributed by atoms with Gasteiger partial charge in [0.05, 0.1) is 0 Å². The fraction of sp³-hybridized carbons (Fsp3) is 0.167. The van der Waals surface area contributed by atoms with E-state index in [4.69, 9.17) is 10.5 Å². The summed E-state index contributed by atoms with van der Waals surface area (Å²) in [6.45, 7) is 4.60. The summed E-state index contributed by atoms with van der Waals surface area (Å²) in [5.74, 6) is 1.46. The summed E-state index contributed by atoms with van der Waals surface area (Å²) in [5.41, 5.74) is 9.14. The van der Waals surface area contributed by atoms with Gasteiger partial charge >= 0.3 is 0 Å². The average molecular weight is 278 g/mol. The molecule has 106 valence electrons. The molecule has 3 aromatic rings. The average Bonchev–Trinajstić information content (AvgIpc) is 2.52. The Morgan fingerprint density at radius 2 is 1.76 bits per heavy atom. The second kappa shape index (κ2) is 5.54. The number of rotatable bonds is 3. The molecule has 0 radical (unpaired) electrons. The number of hydrogen-bond acceptors (Lipinski definition) is 3. The molecule has 1 aromatic heterocycles. The quantitative estimate of drug-likeness (QED) is 0.784. The minimum Gasteiger partial charge on any atom is -0.438 e. The third-order valence-electron chi connectivity index (χ3n) is 3.82. The lowest BCUT2D eigenvalue weighted by Gasteiger charge is -2.13. The van der Waals surface area contributed by atoms with Gasteiger partial charge in [-0.05, 0) is 48.1 Å². The van der Waals surface area contributed by atoms with Crippen LogP contribution in [0, 0.1) is 13.8 Å². The molecule has 0 unspecified atom stereocenters. The van der Waals surface area contributed by atoms with Gasteiger partial charge in [-0.2, -0.15) is 0 Å². The van der Waals surface area contributed by atoms with Crippen LogP contribution < -0.4 is 10.5 Å². The molecule has 0 amide bonds. The lowest BCUT2D eigenvalue weighted by molar-refractivity contribution is 0.465. The van der Waals surface area contributed by atoms with Crippen molar-refractivity contribution in [2.75, 3.05) is 0 Å². The van der Waals surface area contributed by atoms with E-state index in [1.54, 1.807) is 6.20 Å². The molecule has 0 bridgehead atoms. The van der Waals surface area contributed by atoms with Crippen molar-refractivity contribution in [2.45, 2.75) is 20.4 Å². The van der Waals surface area contributed by atoms with Crippen LogP contribution in [0.3, 0.4) is 0 Å². The molecule has 0 atom stereocenters. The molecule has 2 aromatic carbocycles. The van der Waals surface area contributed by atoms with Crippen molar-refractivity contribution in [1.29, 1.82) is 0 Å². The van der Waals surface area contributed by atoms with Crippen LogP contribution in [0.4, 0.5) is 0 Å². The molecule has 3 rings (SSSR count). The van der Waals surface area contributed by atoms with E-state index in [0.29, 0.717) is 12.4 Å². The lowest BCUT2D eigenvalue weighted by atomic mass is 10.1. The summed E-state index contributed by atoms with van der Waals surface area (Å²) in [6, 6.07) is 14.1. The summed E-state index contributed by atoms with van der Waals surface area (Å²) >= 11 is 0. The Morgan fingerprint density at radius 3 is 2.52 bits per heavy atom. The summed E-state index contributed by atoms with van der Waals surface area (Å²) in [4.78, 5) is 4.44. The van der Waals surface area contributed by atoms with Crippen LogP contribution in [0.15, 0.2) is 48.7 Å². The highest BCUT2D eigenvalue weighted by molar-refractivity contribution is 5.89. The highest BCUT2D eigenvalue weighted by Gasteiger charge is 2.10. The van der Waals surface area contributed by atoms with Crippen molar-refractivity contribution in [2.24, 2.45) is 5.73 Å². The smallest absolute Gasteiger partial charge is 0.227 e. The number of nitrogens with two attached hydrogens (primary N) is 1. The topological polar surface area (TPSA) is 48.1 Å². The standard InChI is InChI=1S/C18H18N2O/c1-12-6-5-9-17(13(12)2)21-18-16-8-4-3-7-15(16)14(10-19)11-20-18/h3-9,11H,10,19H2,1-2H3. The predicted octanol–water partition coefficient (Wildman–Crippen LogP) is 4.10. The van der Waals surface area contributed by atoms with E-state index in [1.807, 2.05) is 30.3 Å². The summed E-state index contributed by atoms with van der Waals surface area (Å²) in [5, 5.41) is 2.08. The van der Waals surface area contributed by atoms with Gasteiger partial charge in [0, 0.05) is 18.1 Å². The van der Waals surface area contributed by atoms with Gasteiger partial charge < -0.3 is 10.5 Å². The molecule has 0 aliphatic rings. The molecular formula is C18H18N2O. The first-order chi connectivity index (χ1) is 10.2. The molecule has 0 aliphatic carbocycles. The first-order valence-corrected chi connectivity index (χ1v) is 7.01. The number of aryl methyl sites for hydroxylation is 1. The van der Waals surface area contributed by atoms with Gasteiger partial charge in [0.15, 0.2) is 0 Å². The van der Waals surface area contributed by atoms with Gasteiger partial charge in [0.1, 0.15) is 5.75 Å². The second-order valence-electron chi connectivity index (χ2n) is 5.14.